The van der Waals surface area contributed by atoms with E-state index in [-0.39, 0.29) is 24.5 Å². The largest absolute Gasteiger partial charge is 0.484 e. The van der Waals surface area contributed by atoms with Crippen LogP contribution in [0.1, 0.15) is 18.9 Å². The van der Waals surface area contributed by atoms with Crippen molar-refractivity contribution in [1.82, 2.24) is 10.3 Å². The summed E-state index contributed by atoms with van der Waals surface area (Å²) < 4.78 is 5.42. The average molecular weight is 330 g/mol. The third-order valence-electron chi connectivity index (χ3n) is 3.19. The van der Waals surface area contributed by atoms with E-state index in [2.05, 4.69) is 10.3 Å². The highest BCUT2D eigenvalue weighted by Crippen LogP contribution is 2.14. The van der Waals surface area contributed by atoms with E-state index in [1.54, 1.807) is 6.92 Å². The van der Waals surface area contributed by atoms with Crippen molar-refractivity contribution in [2.75, 3.05) is 6.54 Å². The lowest BCUT2D eigenvalue weighted by Crippen LogP contribution is -2.51. The minimum Gasteiger partial charge on any atom is -0.484 e. The topological polar surface area (TPSA) is 114 Å². The molecule has 1 heterocycles. The Hall–Kier alpha value is -3.00. The number of benzene rings is 1. The lowest BCUT2D eigenvalue weighted by atomic mass is 10.1. The van der Waals surface area contributed by atoms with Gasteiger partial charge >= 0.3 is 6.03 Å². The molecular formula is C16H18N4O4. The Balaban J connectivity index is 2.01. The predicted molar refractivity (Wildman–Crippen MR) is 86.5 cm³/mol. The van der Waals surface area contributed by atoms with Gasteiger partial charge in [-0.05, 0) is 12.5 Å². The minimum absolute atomic E-state index is 0.0667. The van der Waals surface area contributed by atoms with Crippen LogP contribution in [-0.4, -0.2) is 35.0 Å². The molecule has 8 heteroatoms. The Morgan fingerprint density at radius 1 is 1.33 bits per heavy atom. The second-order valence-electron chi connectivity index (χ2n) is 4.95. The Bertz CT molecular complexity index is 697. The summed E-state index contributed by atoms with van der Waals surface area (Å²) in [5.41, 5.74) is 0.794. The summed E-state index contributed by atoms with van der Waals surface area (Å²) in [5, 5.41) is 2.79. The molecule has 3 amide bonds. The number of aliphatic imine (C=N–C) groups is 1. The number of hydrazine groups is 1. The second-order valence-corrected chi connectivity index (χ2v) is 4.95. The number of nitrogens with two attached hydrogens (primary N) is 1. The van der Waals surface area contributed by atoms with E-state index in [1.807, 2.05) is 30.3 Å². The zero-order valence-corrected chi connectivity index (χ0v) is 13.2. The van der Waals surface area contributed by atoms with Crippen molar-refractivity contribution < 1.29 is 19.1 Å². The van der Waals surface area contributed by atoms with E-state index < -0.39 is 17.7 Å². The molecule has 0 aromatic heterocycles. The third kappa shape index (κ3) is 4.26. The van der Waals surface area contributed by atoms with Gasteiger partial charge in [0.1, 0.15) is 12.3 Å². The van der Waals surface area contributed by atoms with Crippen molar-refractivity contribution in [1.29, 1.82) is 0 Å². The smallest absolute Gasteiger partial charge is 0.339 e. The van der Waals surface area contributed by atoms with Gasteiger partial charge in [-0.1, -0.05) is 30.3 Å². The number of amides is 3. The van der Waals surface area contributed by atoms with E-state index in [0.717, 1.165) is 5.56 Å². The summed E-state index contributed by atoms with van der Waals surface area (Å²) in [6.07, 6.45) is 0.903. The van der Waals surface area contributed by atoms with Crippen molar-refractivity contribution in [3.63, 3.8) is 0 Å². The summed E-state index contributed by atoms with van der Waals surface area (Å²) in [5.74, 6) is 4.27. The third-order valence-corrected chi connectivity index (χ3v) is 3.19. The predicted octanol–water partition coefficient (Wildman–Crippen LogP) is 0.890. The van der Waals surface area contributed by atoms with Crippen LogP contribution in [0.3, 0.4) is 0 Å². The number of carbonyl (C=O) groups is 3. The molecule has 126 valence electrons. The number of carbonyl (C=O) groups excluding carboxylic acids is 3. The van der Waals surface area contributed by atoms with Crippen LogP contribution < -0.4 is 11.2 Å². The minimum atomic E-state index is -0.826. The van der Waals surface area contributed by atoms with Gasteiger partial charge in [-0.25, -0.2) is 10.6 Å². The normalized spacial score (nSPS) is 13.7. The summed E-state index contributed by atoms with van der Waals surface area (Å²) in [7, 11) is 0. The summed E-state index contributed by atoms with van der Waals surface area (Å²) in [4.78, 5) is 39.5. The second kappa shape index (κ2) is 8.02. The average Bonchev–Trinajstić information content (AvgIpc) is 2.60. The maximum absolute atomic E-state index is 12.1. The highest BCUT2D eigenvalue weighted by molar-refractivity contribution is 6.44. The van der Waals surface area contributed by atoms with Crippen molar-refractivity contribution in [3.8, 4) is 0 Å². The quantitative estimate of drug-likeness (QED) is 0.473. The van der Waals surface area contributed by atoms with Crippen LogP contribution in [0.15, 0.2) is 47.3 Å². The Labute approximate surface area is 138 Å². The Kier molecular flexibility index (Phi) is 5.80. The molecule has 1 aromatic carbocycles. The van der Waals surface area contributed by atoms with Gasteiger partial charge in [0.25, 0.3) is 5.91 Å². The standard InChI is InChI=1S/C16H18N4O4/c1-2-18-16(23)20(17)15(22)12-8-13(21)14(9-19-12)24-10-11-6-4-3-5-7-11/h3-7,9H,2,8,10,17H2,1H3,(H,18,23). The van der Waals surface area contributed by atoms with Gasteiger partial charge in [0.05, 0.1) is 12.6 Å². The number of nitrogens with zero attached hydrogens (tertiary/aromatic N) is 2. The SMILES string of the molecule is CCNC(=O)N(N)C(=O)C1=NC=C(OCc2ccccc2)C(=O)C1. The highest BCUT2D eigenvalue weighted by Gasteiger charge is 2.28. The number of hydrogen-bond donors (Lipinski definition) is 2. The molecule has 0 saturated heterocycles. The first-order valence-corrected chi connectivity index (χ1v) is 7.36. The first-order valence-electron chi connectivity index (χ1n) is 7.36. The fourth-order valence-corrected chi connectivity index (χ4v) is 1.94. The number of allylic oxidation sites excluding steroid dienone is 1. The number of ether oxygens (including phenoxy) is 1. The lowest BCUT2D eigenvalue weighted by Gasteiger charge is -2.18. The number of ketones is 1. The van der Waals surface area contributed by atoms with E-state index in [0.29, 0.717) is 11.6 Å². The molecule has 0 spiro atoms. The maximum Gasteiger partial charge on any atom is 0.339 e. The molecule has 0 saturated carbocycles. The summed E-state index contributed by atoms with van der Waals surface area (Å²) >= 11 is 0. The monoisotopic (exact) mass is 330 g/mol. The van der Waals surface area contributed by atoms with Crippen LogP contribution in [0, 0.1) is 0 Å². The molecule has 0 aliphatic carbocycles. The van der Waals surface area contributed by atoms with Crippen LogP contribution in [0.2, 0.25) is 0 Å². The van der Waals surface area contributed by atoms with Gasteiger partial charge in [-0.3, -0.25) is 14.6 Å². The Morgan fingerprint density at radius 3 is 2.67 bits per heavy atom. The lowest BCUT2D eigenvalue weighted by molar-refractivity contribution is -0.123. The van der Waals surface area contributed by atoms with Crippen molar-refractivity contribution in [2.45, 2.75) is 20.0 Å². The van der Waals surface area contributed by atoms with E-state index in [1.165, 1.54) is 6.20 Å². The molecule has 3 N–H and O–H groups in total. The van der Waals surface area contributed by atoms with Crippen LogP contribution in [0.5, 0.6) is 0 Å². The number of hydrogen-bond acceptors (Lipinski definition) is 6. The first kappa shape index (κ1) is 17.4. The zero-order valence-electron chi connectivity index (χ0n) is 13.2. The molecule has 0 atom stereocenters. The highest BCUT2D eigenvalue weighted by atomic mass is 16.5. The first-order chi connectivity index (χ1) is 11.5. The molecular weight excluding hydrogens is 312 g/mol. The van der Waals surface area contributed by atoms with Crippen LogP contribution in [0.25, 0.3) is 0 Å². The van der Waals surface area contributed by atoms with Gasteiger partial charge in [-0.15, -0.1) is 0 Å². The number of rotatable bonds is 5. The fourth-order valence-electron chi connectivity index (χ4n) is 1.94. The number of urea groups is 1. The summed E-state index contributed by atoms with van der Waals surface area (Å²) in [6, 6.07) is 8.58. The van der Waals surface area contributed by atoms with Gasteiger partial charge in [-0.2, -0.15) is 5.01 Å². The van der Waals surface area contributed by atoms with Crippen molar-refractivity contribution in [2.24, 2.45) is 10.8 Å². The van der Waals surface area contributed by atoms with E-state index in [9.17, 15) is 14.4 Å². The number of imide groups is 1. The molecule has 0 unspecified atom stereocenters. The molecule has 0 bridgehead atoms. The van der Waals surface area contributed by atoms with Crippen LogP contribution in [-0.2, 0) is 20.9 Å². The molecule has 8 nitrogen and oxygen atoms in total. The Morgan fingerprint density at radius 2 is 2.04 bits per heavy atom. The van der Waals surface area contributed by atoms with Crippen molar-refractivity contribution >= 4 is 23.4 Å². The summed E-state index contributed by atoms with van der Waals surface area (Å²) in [6.45, 7) is 2.23. The van der Waals surface area contributed by atoms with E-state index in [4.69, 9.17) is 10.6 Å². The van der Waals surface area contributed by atoms with Gasteiger partial charge in [0.15, 0.2) is 5.76 Å². The fraction of sp³-hybridized carbons (Fsp3) is 0.250. The van der Waals surface area contributed by atoms with Gasteiger partial charge < -0.3 is 10.1 Å². The molecule has 1 aliphatic rings. The van der Waals surface area contributed by atoms with Gasteiger partial charge in [0.2, 0.25) is 5.78 Å². The van der Waals surface area contributed by atoms with Crippen LogP contribution in [0.4, 0.5) is 4.79 Å². The molecule has 1 aliphatic heterocycles. The molecule has 2 rings (SSSR count). The van der Waals surface area contributed by atoms with Crippen LogP contribution >= 0.6 is 0 Å². The molecule has 0 fully saturated rings. The number of nitrogens with one attached hydrogen (secondary N) is 1. The molecule has 24 heavy (non-hydrogen) atoms. The van der Waals surface area contributed by atoms with Crippen molar-refractivity contribution in [3.05, 3.63) is 47.9 Å². The van der Waals surface area contributed by atoms with E-state index >= 15 is 0 Å². The maximum atomic E-state index is 12.1. The molecule has 0 radical (unpaired) electrons. The molecule has 1 aromatic rings. The van der Waals surface area contributed by atoms with Gasteiger partial charge in [0, 0.05) is 6.54 Å². The number of Topliss-reactive ketones (excluding diaryl/α,β-unsaturated/α-hetero) is 1. The zero-order chi connectivity index (χ0) is 17.5.